The Hall–Kier alpha value is -3.75. The second-order valence-corrected chi connectivity index (χ2v) is 23.4. The van der Waals surface area contributed by atoms with Crippen LogP contribution in [0.15, 0.2) is 113 Å². The van der Waals surface area contributed by atoms with Crippen molar-refractivity contribution in [1.82, 2.24) is 0 Å². The van der Waals surface area contributed by atoms with Crippen molar-refractivity contribution in [2.24, 2.45) is 23.7 Å². The van der Waals surface area contributed by atoms with Gasteiger partial charge >= 0.3 is 0 Å². The van der Waals surface area contributed by atoms with Gasteiger partial charge in [0.15, 0.2) is 0 Å². The third-order valence-corrected chi connectivity index (χ3v) is 18.2. The molecule has 5 aromatic rings. The van der Waals surface area contributed by atoms with E-state index in [4.69, 9.17) is 0 Å². The van der Waals surface area contributed by atoms with Crippen molar-refractivity contribution in [1.29, 1.82) is 0 Å². The summed E-state index contributed by atoms with van der Waals surface area (Å²) in [4.78, 5) is 5.64. The van der Waals surface area contributed by atoms with Gasteiger partial charge < -0.3 is 4.90 Å². The molecule has 298 valence electrons. The minimum Gasteiger partial charge on any atom is -0.310 e. The van der Waals surface area contributed by atoms with Crippen molar-refractivity contribution in [2.75, 3.05) is 4.90 Å². The molecule has 12 rings (SSSR count). The number of nitrogens with zero attached hydrogens (tertiary/aromatic N) is 1. The molecule has 4 saturated carbocycles. The van der Waals surface area contributed by atoms with E-state index < -0.39 is 0 Å². The number of hydrogen-bond donors (Lipinski definition) is 0. The van der Waals surface area contributed by atoms with Crippen LogP contribution >= 0.6 is 11.8 Å². The van der Waals surface area contributed by atoms with Gasteiger partial charge in [-0.25, -0.2) is 0 Å². The first-order valence-electron chi connectivity index (χ1n) is 22.8. The van der Waals surface area contributed by atoms with Crippen LogP contribution in [0.1, 0.15) is 147 Å². The summed E-state index contributed by atoms with van der Waals surface area (Å²) < 4.78 is 0. The predicted octanol–water partition coefficient (Wildman–Crippen LogP) is 15.7. The zero-order chi connectivity index (χ0) is 40.0. The summed E-state index contributed by atoms with van der Waals surface area (Å²) >= 11 is 2.04. The molecule has 6 aliphatic carbocycles. The third kappa shape index (κ3) is 5.48. The van der Waals surface area contributed by atoms with Crippen LogP contribution in [0, 0.1) is 23.7 Å². The molecule has 0 aromatic heterocycles. The molecule has 1 heterocycles. The molecule has 58 heavy (non-hydrogen) atoms. The molecule has 7 aliphatic rings. The maximum Gasteiger partial charge on any atom is 0.0465 e. The normalized spacial score (nSPS) is 28.6. The molecule has 4 bridgehead atoms. The van der Waals surface area contributed by atoms with Crippen molar-refractivity contribution < 1.29 is 0 Å². The average molecular weight is 782 g/mol. The maximum atomic E-state index is 2.71. The Kier molecular flexibility index (Phi) is 8.12. The van der Waals surface area contributed by atoms with Gasteiger partial charge in [0.05, 0.1) is 0 Å². The van der Waals surface area contributed by atoms with Gasteiger partial charge in [-0.1, -0.05) is 122 Å². The van der Waals surface area contributed by atoms with Gasteiger partial charge in [-0.2, -0.15) is 0 Å². The standard InChI is InChI=1S/C56H63NS/c1-52(2)22-24-54(5,6)47-32-41(15-19-44(47)52)57(42-16-20-45-48(33-42)55(7,8)25-23-53(45,3)4)43-17-21-50-49(34-43)56(39-27-35-26-36(29-39)30-40(56)28-35)46-18-14-38(31-51(46)58-50)37-12-10-9-11-13-37/h9-21,31-36,39-40H,22-30H2,1-8H3. The Morgan fingerprint density at radius 1 is 0.414 bits per heavy atom. The summed E-state index contributed by atoms with van der Waals surface area (Å²) in [5, 5.41) is 0. The molecular weight excluding hydrogens is 719 g/mol. The van der Waals surface area contributed by atoms with Crippen LogP contribution in [0.3, 0.4) is 0 Å². The molecule has 0 atom stereocenters. The zero-order valence-electron chi connectivity index (χ0n) is 36.3. The number of hydrogen-bond acceptors (Lipinski definition) is 2. The Morgan fingerprint density at radius 3 is 1.41 bits per heavy atom. The Bertz CT molecular complexity index is 2350. The summed E-state index contributed by atoms with van der Waals surface area (Å²) in [5.74, 6) is 3.21. The smallest absolute Gasteiger partial charge is 0.0465 e. The lowest BCUT2D eigenvalue weighted by atomic mass is 9.42. The lowest BCUT2D eigenvalue weighted by Crippen LogP contribution is -2.57. The monoisotopic (exact) mass is 781 g/mol. The SMILES string of the molecule is CC1(C)CCC(C)(C)c2cc(N(c3ccc4c(c3)C(C)(C)CCC4(C)C)c3ccc4c(c3)C3(c5ccc(-c6ccccc6)cc5S4)C4CC5CC(C4)CC3C5)ccc21. The van der Waals surface area contributed by atoms with E-state index in [0.29, 0.717) is 11.8 Å². The highest BCUT2D eigenvalue weighted by atomic mass is 32.2. The average Bonchev–Trinajstić information content (AvgIpc) is 3.20. The van der Waals surface area contributed by atoms with Gasteiger partial charge in [-0.3, -0.25) is 0 Å². The van der Waals surface area contributed by atoms with Crippen LogP contribution in [0.4, 0.5) is 17.1 Å². The number of benzene rings is 5. The van der Waals surface area contributed by atoms with Crippen LogP contribution in [-0.4, -0.2) is 0 Å². The lowest BCUT2D eigenvalue weighted by molar-refractivity contribution is -0.0443. The highest BCUT2D eigenvalue weighted by Crippen LogP contribution is 2.69. The molecule has 0 radical (unpaired) electrons. The molecule has 5 aromatic carbocycles. The van der Waals surface area contributed by atoms with Gasteiger partial charge in [0.25, 0.3) is 0 Å². The van der Waals surface area contributed by atoms with Gasteiger partial charge in [0.2, 0.25) is 0 Å². The Morgan fingerprint density at radius 2 is 0.879 bits per heavy atom. The molecular formula is C56H63NS. The fourth-order valence-electron chi connectivity index (χ4n) is 13.8. The summed E-state index contributed by atoms with van der Waals surface area (Å²) in [6, 6.07) is 41.4. The second kappa shape index (κ2) is 12.6. The van der Waals surface area contributed by atoms with Crippen LogP contribution < -0.4 is 4.90 Å². The van der Waals surface area contributed by atoms with E-state index in [1.54, 1.807) is 11.1 Å². The third-order valence-electron chi connectivity index (χ3n) is 17.0. The van der Waals surface area contributed by atoms with Crippen molar-refractivity contribution in [2.45, 2.75) is 150 Å². The zero-order valence-corrected chi connectivity index (χ0v) is 37.2. The van der Waals surface area contributed by atoms with Crippen LogP contribution in [0.2, 0.25) is 0 Å². The largest absolute Gasteiger partial charge is 0.310 e. The highest BCUT2D eigenvalue weighted by molar-refractivity contribution is 7.99. The Balaban J connectivity index is 1.13. The fraction of sp³-hybridized carbons (Fsp3) is 0.464. The maximum absolute atomic E-state index is 2.71. The van der Waals surface area contributed by atoms with E-state index in [9.17, 15) is 0 Å². The minimum atomic E-state index is 0.0595. The number of anilines is 3. The predicted molar refractivity (Wildman–Crippen MR) is 246 cm³/mol. The van der Waals surface area contributed by atoms with Crippen LogP contribution in [0.25, 0.3) is 11.1 Å². The topological polar surface area (TPSA) is 3.24 Å². The second-order valence-electron chi connectivity index (χ2n) is 22.4. The first kappa shape index (κ1) is 37.3. The van der Waals surface area contributed by atoms with Crippen molar-refractivity contribution >= 4 is 28.8 Å². The summed E-state index contributed by atoms with van der Waals surface area (Å²) in [6.45, 7) is 19.7. The van der Waals surface area contributed by atoms with Gasteiger partial charge in [-0.15, -0.1) is 0 Å². The number of rotatable bonds is 4. The van der Waals surface area contributed by atoms with E-state index in [1.807, 2.05) is 11.8 Å². The van der Waals surface area contributed by atoms with E-state index in [1.165, 1.54) is 118 Å². The quantitative estimate of drug-likeness (QED) is 0.179. The molecule has 1 spiro atoms. The lowest BCUT2D eigenvalue weighted by Gasteiger charge is -2.63. The van der Waals surface area contributed by atoms with Crippen molar-refractivity contribution in [3.05, 3.63) is 137 Å². The van der Waals surface area contributed by atoms with Gasteiger partial charge in [0.1, 0.15) is 0 Å². The fourth-order valence-corrected chi connectivity index (χ4v) is 15.0. The first-order chi connectivity index (χ1) is 27.6. The highest BCUT2D eigenvalue weighted by Gasteiger charge is 2.61. The molecule has 1 aliphatic heterocycles. The summed E-state index contributed by atoms with van der Waals surface area (Å²) in [6.07, 6.45) is 11.9. The molecule has 0 saturated heterocycles. The van der Waals surface area contributed by atoms with E-state index >= 15 is 0 Å². The van der Waals surface area contributed by atoms with E-state index in [2.05, 4.69) is 163 Å². The van der Waals surface area contributed by atoms with E-state index in [-0.39, 0.29) is 27.1 Å². The van der Waals surface area contributed by atoms with Crippen LogP contribution in [0.5, 0.6) is 0 Å². The van der Waals surface area contributed by atoms with Crippen LogP contribution in [-0.2, 0) is 27.1 Å². The molecule has 2 heteroatoms. The van der Waals surface area contributed by atoms with Crippen molar-refractivity contribution in [3.8, 4) is 11.1 Å². The van der Waals surface area contributed by atoms with E-state index in [0.717, 1.165) is 11.8 Å². The molecule has 0 unspecified atom stereocenters. The molecule has 0 amide bonds. The molecule has 0 N–H and O–H groups in total. The van der Waals surface area contributed by atoms with Crippen molar-refractivity contribution in [3.63, 3.8) is 0 Å². The first-order valence-corrected chi connectivity index (χ1v) is 23.6. The molecule has 1 nitrogen and oxygen atoms in total. The summed E-state index contributed by atoms with van der Waals surface area (Å²) in [7, 11) is 0. The number of fused-ring (bicyclic) bond motifs is 4. The van der Waals surface area contributed by atoms with Gasteiger partial charge in [0, 0.05) is 32.3 Å². The minimum absolute atomic E-state index is 0.0595. The van der Waals surface area contributed by atoms with Gasteiger partial charge in [-0.05, 0) is 196 Å². The molecule has 4 fully saturated rings. The Labute approximate surface area is 353 Å². The summed E-state index contributed by atoms with van der Waals surface area (Å²) in [5.41, 5.74) is 16.6.